The van der Waals surface area contributed by atoms with Crippen LogP contribution in [0, 0.1) is 6.92 Å². The highest BCUT2D eigenvalue weighted by atomic mass is 19.4. The Kier molecular flexibility index (Phi) is 3.56. The zero-order valence-corrected chi connectivity index (χ0v) is 13.6. The van der Waals surface area contributed by atoms with E-state index in [0.29, 0.717) is 12.4 Å². The van der Waals surface area contributed by atoms with E-state index >= 15 is 0 Å². The minimum Gasteiger partial charge on any atom is -0.369 e. The minimum absolute atomic E-state index is 0.0421. The molecule has 3 nitrogen and oxygen atoms in total. The Bertz CT molecular complexity index is 941. The van der Waals surface area contributed by atoms with Gasteiger partial charge in [0, 0.05) is 17.7 Å². The van der Waals surface area contributed by atoms with Crippen molar-refractivity contribution in [3.63, 3.8) is 0 Å². The standard InChI is InChI=1S/C19H16F3N3/c1-12-6-2-3-7-13(12)17-14-10-11-23-18(14)25(24-17)16-9-5-4-8-15(16)19(20,21)22/h2-9,23H,10-11H2,1H3. The number of hydrogen-bond donors (Lipinski definition) is 1. The Balaban J connectivity index is 1.95. The van der Waals surface area contributed by atoms with Gasteiger partial charge in [0.1, 0.15) is 5.82 Å². The number of aryl methyl sites for hydroxylation is 1. The maximum Gasteiger partial charge on any atom is 0.418 e. The Labute approximate surface area is 143 Å². The van der Waals surface area contributed by atoms with Gasteiger partial charge in [-0.25, -0.2) is 4.68 Å². The van der Waals surface area contributed by atoms with Crippen LogP contribution in [0.25, 0.3) is 16.9 Å². The summed E-state index contributed by atoms with van der Waals surface area (Å²) in [6, 6.07) is 13.3. The number of nitrogens with zero attached hydrogens (tertiary/aromatic N) is 2. The summed E-state index contributed by atoms with van der Waals surface area (Å²) >= 11 is 0. The number of alkyl halides is 3. The second-order valence-corrected chi connectivity index (χ2v) is 6.09. The van der Waals surface area contributed by atoms with Gasteiger partial charge >= 0.3 is 6.18 Å². The summed E-state index contributed by atoms with van der Waals surface area (Å²) in [7, 11) is 0. The molecule has 0 saturated heterocycles. The Morgan fingerprint density at radius 3 is 2.52 bits per heavy atom. The van der Waals surface area contributed by atoms with Gasteiger partial charge in [0.15, 0.2) is 0 Å². The summed E-state index contributed by atoms with van der Waals surface area (Å²) in [5.74, 6) is 0.648. The van der Waals surface area contributed by atoms with Gasteiger partial charge in [-0.1, -0.05) is 36.4 Å². The fourth-order valence-electron chi connectivity index (χ4n) is 3.30. The van der Waals surface area contributed by atoms with Crippen LogP contribution in [0.1, 0.15) is 16.7 Å². The first-order valence-corrected chi connectivity index (χ1v) is 8.05. The number of anilines is 1. The molecule has 2 aromatic carbocycles. The fraction of sp³-hybridized carbons (Fsp3) is 0.211. The molecule has 0 fully saturated rings. The summed E-state index contributed by atoms with van der Waals surface area (Å²) in [6.07, 6.45) is -3.69. The van der Waals surface area contributed by atoms with Gasteiger partial charge in [-0.3, -0.25) is 0 Å². The number of rotatable bonds is 2. The Morgan fingerprint density at radius 1 is 1.04 bits per heavy atom. The van der Waals surface area contributed by atoms with Crippen LogP contribution >= 0.6 is 0 Å². The third-order valence-electron chi connectivity index (χ3n) is 4.49. The van der Waals surface area contributed by atoms with Crippen molar-refractivity contribution in [2.24, 2.45) is 0 Å². The molecular formula is C19H16F3N3. The molecule has 4 rings (SSSR count). The van der Waals surface area contributed by atoms with E-state index in [1.165, 1.54) is 16.8 Å². The van der Waals surface area contributed by atoms with Gasteiger partial charge in [0.25, 0.3) is 0 Å². The highest BCUT2D eigenvalue weighted by Gasteiger charge is 2.35. The summed E-state index contributed by atoms with van der Waals surface area (Å²) in [6.45, 7) is 2.67. The van der Waals surface area contributed by atoms with E-state index in [1.54, 1.807) is 6.07 Å². The third-order valence-corrected chi connectivity index (χ3v) is 4.49. The largest absolute Gasteiger partial charge is 0.418 e. The highest BCUT2D eigenvalue weighted by molar-refractivity contribution is 5.75. The number of fused-ring (bicyclic) bond motifs is 1. The normalized spacial score (nSPS) is 13.6. The van der Waals surface area contributed by atoms with Gasteiger partial charge in [-0.05, 0) is 31.0 Å². The van der Waals surface area contributed by atoms with Gasteiger partial charge in [0.2, 0.25) is 0 Å². The SMILES string of the molecule is Cc1ccccc1-c1nn(-c2ccccc2C(F)(F)F)c2c1CCN2. The van der Waals surface area contributed by atoms with E-state index in [4.69, 9.17) is 0 Å². The highest BCUT2D eigenvalue weighted by Crippen LogP contribution is 2.39. The number of para-hydroxylation sites is 1. The molecule has 0 spiro atoms. The molecule has 0 aliphatic carbocycles. The quantitative estimate of drug-likeness (QED) is 0.722. The predicted molar refractivity (Wildman–Crippen MR) is 90.9 cm³/mol. The zero-order valence-electron chi connectivity index (χ0n) is 13.6. The number of hydrogen-bond acceptors (Lipinski definition) is 2. The van der Waals surface area contributed by atoms with Gasteiger partial charge in [0.05, 0.1) is 16.9 Å². The van der Waals surface area contributed by atoms with Crippen LogP contribution in [0.3, 0.4) is 0 Å². The van der Waals surface area contributed by atoms with Crippen molar-refractivity contribution in [2.45, 2.75) is 19.5 Å². The van der Waals surface area contributed by atoms with Crippen molar-refractivity contribution in [1.29, 1.82) is 0 Å². The lowest BCUT2D eigenvalue weighted by Gasteiger charge is -2.14. The molecule has 25 heavy (non-hydrogen) atoms. The molecule has 1 aliphatic rings. The van der Waals surface area contributed by atoms with Crippen LogP contribution < -0.4 is 5.32 Å². The average molecular weight is 343 g/mol. The lowest BCUT2D eigenvalue weighted by molar-refractivity contribution is -0.137. The van der Waals surface area contributed by atoms with Crippen LogP contribution in [0.4, 0.5) is 19.0 Å². The van der Waals surface area contributed by atoms with Crippen molar-refractivity contribution in [3.05, 3.63) is 65.2 Å². The molecule has 0 atom stereocenters. The van der Waals surface area contributed by atoms with Crippen molar-refractivity contribution in [2.75, 3.05) is 11.9 Å². The molecule has 1 aliphatic heterocycles. The molecule has 0 bridgehead atoms. The second-order valence-electron chi connectivity index (χ2n) is 6.09. The van der Waals surface area contributed by atoms with E-state index in [0.717, 1.165) is 34.9 Å². The smallest absolute Gasteiger partial charge is 0.369 e. The second kappa shape index (κ2) is 5.65. The molecule has 6 heteroatoms. The summed E-state index contributed by atoms with van der Waals surface area (Å²) in [4.78, 5) is 0. The topological polar surface area (TPSA) is 29.9 Å². The number of aromatic nitrogens is 2. The number of halogens is 3. The van der Waals surface area contributed by atoms with Crippen molar-refractivity contribution >= 4 is 5.82 Å². The van der Waals surface area contributed by atoms with E-state index in [1.807, 2.05) is 31.2 Å². The first-order chi connectivity index (χ1) is 12.0. The summed E-state index contributed by atoms with van der Waals surface area (Å²) < 4.78 is 41.7. The van der Waals surface area contributed by atoms with E-state index in [9.17, 15) is 13.2 Å². The first-order valence-electron chi connectivity index (χ1n) is 8.05. The third kappa shape index (κ3) is 2.58. The minimum atomic E-state index is -4.43. The molecule has 1 N–H and O–H groups in total. The molecule has 3 aromatic rings. The lowest BCUT2D eigenvalue weighted by Crippen LogP contribution is -2.13. The molecule has 0 saturated carbocycles. The maximum absolute atomic E-state index is 13.4. The molecular weight excluding hydrogens is 327 g/mol. The first kappa shape index (κ1) is 15.7. The van der Waals surface area contributed by atoms with Crippen LogP contribution in [-0.4, -0.2) is 16.3 Å². The maximum atomic E-state index is 13.4. The fourth-order valence-corrected chi connectivity index (χ4v) is 3.30. The summed E-state index contributed by atoms with van der Waals surface area (Å²) in [5.41, 5.74) is 3.06. The van der Waals surface area contributed by atoms with Crippen molar-refractivity contribution in [1.82, 2.24) is 9.78 Å². The van der Waals surface area contributed by atoms with Crippen molar-refractivity contribution in [3.8, 4) is 16.9 Å². The van der Waals surface area contributed by atoms with Gasteiger partial charge < -0.3 is 5.32 Å². The van der Waals surface area contributed by atoms with Crippen LogP contribution in [0.5, 0.6) is 0 Å². The number of benzene rings is 2. The van der Waals surface area contributed by atoms with E-state index in [-0.39, 0.29) is 5.69 Å². The van der Waals surface area contributed by atoms with Crippen LogP contribution in [-0.2, 0) is 12.6 Å². The summed E-state index contributed by atoms with van der Waals surface area (Å²) in [5, 5.41) is 7.75. The molecule has 1 aromatic heterocycles. The van der Waals surface area contributed by atoms with Crippen LogP contribution in [0.2, 0.25) is 0 Å². The predicted octanol–water partition coefficient (Wildman–Crippen LogP) is 4.83. The zero-order chi connectivity index (χ0) is 17.6. The average Bonchev–Trinajstić information content (AvgIpc) is 3.17. The van der Waals surface area contributed by atoms with E-state index < -0.39 is 11.7 Å². The molecule has 0 amide bonds. The monoisotopic (exact) mass is 343 g/mol. The van der Waals surface area contributed by atoms with E-state index in [2.05, 4.69) is 10.4 Å². The van der Waals surface area contributed by atoms with Crippen LogP contribution in [0.15, 0.2) is 48.5 Å². The molecule has 0 unspecified atom stereocenters. The molecule has 2 heterocycles. The van der Waals surface area contributed by atoms with Gasteiger partial charge in [-0.2, -0.15) is 18.3 Å². The molecule has 0 radical (unpaired) electrons. The molecule has 128 valence electrons. The number of nitrogens with one attached hydrogen (secondary N) is 1. The van der Waals surface area contributed by atoms with Gasteiger partial charge in [-0.15, -0.1) is 0 Å². The Morgan fingerprint density at radius 2 is 1.76 bits per heavy atom. The Hall–Kier alpha value is -2.76. The van der Waals surface area contributed by atoms with Crippen molar-refractivity contribution < 1.29 is 13.2 Å². The lowest BCUT2D eigenvalue weighted by atomic mass is 10.0.